The number of amidine groups is 1. The quantitative estimate of drug-likeness (QED) is 0.314. The molecule has 11 heteroatoms. The van der Waals surface area contributed by atoms with Crippen molar-refractivity contribution in [3.63, 3.8) is 0 Å². The molecule has 6 nitrogen and oxygen atoms in total. The number of carbonyl (C=O) groups excluding carboxylic acids is 1. The molecule has 0 atom stereocenters. The molecule has 0 aliphatic heterocycles. The van der Waals surface area contributed by atoms with Crippen LogP contribution < -0.4 is 16.4 Å². The highest BCUT2D eigenvalue weighted by Gasteiger charge is 2.31. The topological polar surface area (TPSA) is 91.9 Å². The molecule has 0 aromatic heterocycles. The summed E-state index contributed by atoms with van der Waals surface area (Å²) in [6, 6.07) is 5.57. The van der Waals surface area contributed by atoms with Crippen LogP contribution in [0.4, 0.5) is 27.6 Å². The van der Waals surface area contributed by atoms with Crippen molar-refractivity contribution in [3.8, 4) is 0 Å². The number of amides is 1. The first-order chi connectivity index (χ1) is 15.7. The fraction of sp³-hybridized carbons (Fsp3) is 0.348. The van der Waals surface area contributed by atoms with E-state index in [-0.39, 0.29) is 22.9 Å². The number of nitrogens with zero attached hydrogens (tertiary/aromatic N) is 2. The second-order valence-electron chi connectivity index (χ2n) is 8.37. The number of alkyl halides is 3. The summed E-state index contributed by atoms with van der Waals surface area (Å²) in [4.78, 5) is 20.9. The van der Waals surface area contributed by atoms with Crippen molar-refractivity contribution in [2.75, 3.05) is 11.9 Å². The number of aliphatic imine (C=N–C) groups is 2. The van der Waals surface area contributed by atoms with Crippen molar-refractivity contribution < 1.29 is 26.7 Å². The minimum absolute atomic E-state index is 0.0352. The lowest BCUT2D eigenvalue weighted by Crippen LogP contribution is -2.34. The van der Waals surface area contributed by atoms with Crippen LogP contribution >= 0.6 is 0 Å². The van der Waals surface area contributed by atoms with Gasteiger partial charge in [-0.25, -0.2) is 13.8 Å². The largest absolute Gasteiger partial charge is 0.416 e. The van der Waals surface area contributed by atoms with E-state index in [2.05, 4.69) is 20.6 Å². The molecule has 1 amide bonds. The first-order valence-corrected chi connectivity index (χ1v) is 10.4. The average molecular weight is 483 g/mol. The summed E-state index contributed by atoms with van der Waals surface area (Å²) < 4.78 is 66.6. The molecular formula is C23H26F5N5O. The van der Waals surface area contributed by atoms with Crippen LogP contribution in [0.15, 0.2) is 46.4 Å². The fourth-order valence-corrected chi connectivity index (χ4v) is 2.73. The average Bonchev–Trinajstić information content (AvgIpc) is 2.72. The van der Waals surface area contributed by atoms with Gasteiger partial charge in [0, 0.05) is 23.4 Å². The summed E-state index contributed by atoms with van der Waals surface area (Å²) in [6.45, 7) is 7.44. The first kappa shape index (κ1) is 26.7. The number of anilines is 1. The van der Waals surface area contributed by atoms with E-state index < -0.39 is 34.8 Å². The van der Waals surface area contributed by atoms with Crippen molar-refractivity contribution in [1.29, 1.82) is 0 Å². The van der Waals surface area contributed by atoms with Crippen LogP contribution in [-0.2, 0) is 6.18 Å². The Balaban J connectivity index is 2.51. The van der Waals surface area contributed by atoms with E-state index in [4.69, 9.17) is 5.73 Å². The smallest absolute Gasteiger partial charge is 0.384 e. The molecule has 0 saturated carbocycles. The summed E-state index contributed by atoms with van der Waals surface area (Å²) >= 11 is 0. The Morgan fingerprint density at radius 2 is 1.71 bits per heavy atom. The zero-order chi connectivity index (χ0) is 25.7. The van der Waals surface area contributed by atoms with Crippen molar-refractivity contribution >= 4 is 23.4 Å². The molecule has 2 aromatic carbocycles. The monoisotopic (exact) mass is 483 g/mol. The van der Waals surface area contributed by atoms with E-state index in [1.807, 2.05) is 6.92 Å². The van der Waals surface area contributed by atoms with Gasteiger partial charge in [-0.3, -0.25) is 10.1 Å². The van der Waals surface area contributed by atoms with E-state index >= 15 is 0 Å². The van der Waals surface area contributed by atoms with Gasteiger partial charge in [0.05, 0.1) is 11.1 Å². The molecule has 4 N–H and O–H groups in total. The third kappa shape index (κ3) is 7.53. The number of nitrogens with two attached hydrogens (primary N) is 1. The van der Waals surface area contributed by atoms with Crippen molar-refractivity contribution in [3.05, 3.63) is 64.7 Å². The highest BCUT2D eigenvalue weighted by atomic mass is 19.4. The second-order valence-corrected chi connectivity index (χ2v) is 8.37. The maximum absolute atomic E-state index is 13.5. The number of hydrogen-bond donors (Lipinski definition) is 3. The van der Waals surface area contributed by atoms with Gasteiger partial charge in [-0.15, -0.1) is 0 Å². The zero-order valence-corrected chi connectivity index (χ0v) is 19.1. The van der Waals surface area contributed by atoms with Crippen LogP contribution in [-0.4, -0.2) is 29.8 Å². The molecule has 0 aliphatic carbocycles. The number of benzene rings is 2. The highest BCUT2D eigenvalue weighted by Crippen LogP contribution is 2.32. The van der Waals surface area contributed by atoms with E-state index in [9.17, 15) is 26.7 Å². The lowest BCUT2D eigenvalue weighted by Gasteiger charge is -2.17. The van der Waals surface area contributed by atoms with Gasteiger partial charge < -0.3 is 11.1 Å². The number of guanidine groups is 1. The maximum atomic E-state index is 13.5. The van der Waals surface area contributed by atoms with Crippen molar-refractivity contribution in [1.82, 2.24) is 5.32 Å². The summed E-state index contributed by atoms with van der Waals surface area (Å²) in [5.74, 6) is -3.84. The van der Waals surface area contributed by atoms with Crippen molar-refractivity contribution in [2.24, 2.45) is 15.7 Å². The van der Waals surface area contributed by atoms with Gasteiger partial charge in [0.2, 0.25) is 5.96 Å². The molecule has 0 saturated heterocycles. The Morgan fingerprint density at radius 1 is 1.03 bits per heavy atom. The summed E-state index contributed by atoms with van der Waals surface area (Å²) in [7, 11) is 0. The predicted octanol–water partition coefficient (Wildman–Crippen LogP) is 5.10. The van der Waals surface area contributed by atoms with Gasteiger partial charge in [-0.05, 0) is 63.6 Å². The van der Waals surface area contributed by atoms with Crippen LogP contribution in [0.3, 0.4) is 0 Å². The molecule has 0 unspecified atom stereocenters. The Hall–Kier alpha value is -3.50. The summed E-state index contributed by atoms with van der Waals surface area (Å²) in [6.07, 6.45) is -3.90. The van der Waals surface area contributed by atoms with Crippen LogP contribution in [0.2, 0.25) is 0 Å². The SMILES string of the molecule is CCCNc1ccc(C(F)(F)F)cc1C(N)=NC(=NC(C)(C)C)NC(=O)c1ccc(F)c(F)c1. The number of carbonyl (C=O) groups is 1. The third-order valence-corrected chi connectivity index (χ3v) is 4.26. The highest BCUT2D eigenvalue weighted by molar-refractivity contribution is 6.13. The van der Waals surface area contributed by atoms with Gasteiger partial charge in [-0.1, -0.05) is 6.92 Å². The predicted molar refractivity (Wildman–Crippen MR) is 122 cm³/mol. The van der Waals surface area contributed by atoms with E-state index in [1.54, 1.807) is 20.8 Å². The molecular weight excluding hydrogens is 457 g/mol. The fourth-order valence-electron chi connectivity index (χ4n) is 2.73. The van der Waals surface area contributed by atoms with Gasteiger partial charge in [0.25, 0.3) is 5.91 Å². The van der Waals surface area contributed by atoms with Gasteiger partial charge in [0.15, 0.2) is 11.6 Å². The van der Waals surface area contributed by atoms with Gasteiger partial charge in [-0.2, -0.15) is 18.2 Å². The van der Waals surface area contributed by atoms with E-state index in [0.29, 0.717) is 24.7 Å². The van der Waals surface area contributed by atoms with Gasteiger partial charge in [0.1, 0.15) is 5.84 Å². The molecule has 2 aromatic rings. The van der Waals surface area contributed by atoms with Crippen LogP contribution in [0.5, 0.6) is 0 Å². The summed E-state index contributed by atoms with van der Waals surface area (Å²) in [5.41, 5.74) is 4.44. The molecule has 0 radical (unpaired) electrons. The minimum atomic E-state index is -4.61. The zero-order valence-electron chi connectivity index (χ0n) is 19.1. The minimum Gasteiger partial charge on any atom is -0.384 e. The molecule has 0 spiro atoms. The van der Waals surface area contributed by atoms with Crippen LogP contribution in [0.25, 0.3) is 0 Å². The number of nitrogens with one attached hydrogen (secondary N) is 2. The van der Waals surface area contributed by atoms with Crippen LogP contribution in [0.1, 0.15) is 55.6 Å². The van der Waals surface area contributed by atoms with Crippen molar-refractivity contribution in [2.45, 2.75) is 45.8 Å². The second kappa shape index (κ2) is 10.6. The Morgan fingerprint density at radius 3 is 2.26 bits per heavy atom. The normalized spacial score (nSPS) is 13.1. The molecule has 0 fully saturated rings. The molecule has 0 bridgehead atoms. The molecule has 0 heterocycles. The Labute approximate surface area is 194 Å². The Kier molecular flexibility index (Phi) is 8.36. The molecule has 34 heavy (non-hydrogen) atoms. The number of hydrogen-bond acceptors (Lipinski definition) is 3. The molecule has 184 valence electrons. The van der Waals surface area contributed by atoms with Gasteiger partial charge >= 0.3 is 6.18 Å². The lowest BCUT2D eigenvalue weighted by atomic mass is 10.1. The maximum Gasteiger partial charge on any atom is 0.416 e. The summed E-state index contributed by atoms with van der Waals surface area (Å²) in [5, 5.41) is 5.35. The third-order valence-electron chi connectivity index (χ3n) is 4.26. The number of rotatable bonds is 5. The first-order valence-electron chi connectivity index (χ1n) is 10.4. The standard InChI is InChI=1S/C23H26F5N5O/c1-5-10-30-18-9-7-14(23(26,27)28)12-15(18)19(29)31-21(33-22(2,3)4)32-20(34)13-6-8-16(24)17(25)11-13/h6-9,11-12,30H,5,10H2,1-4H3,(H3,29,31,32,33,34). The van der Waals surface area contributed by atoms with E-state index in [1.165, 1.54) is 6.07 Å². The molecule has 2 rings (SSSR count). The lowest BCUT2D eigenvalue weighted by molar-refractivity contribution is -0.137. The number of halogens is 5. The molecule has 0 aliphatic rings. The van der Waals surface area contributed by atoms with E-state index in [0.717, 1.165) is 24.3 Å². The van der Waals surface area contributed by atoms with Crippen LogP contribution in [0, 0.1) is 11.6 Å². The Bertz CT molecular complexity index is 1100.